The zero-order valence-corrected chi connectivity index (χ0v) is 17.2. The van der Waals surface area contributed by atoms with Gasteiger partial charge in [-0.3, -0.25) is 9.36 Å². The van der Waals surface area contributed by atoms with Gasteiger partial charge in [-0.25, -0.2) is 4.98 Å². The van der Waals surface area contributed by atoms with Crippen LogP contribution in [0.5, 0.6) is 0 Å². The van der Waals surface area contributed by atoms with Crippen molar-refractivity contribution in [3.05, 3.63) is 83.5 Å². The molecule has 3 heterocycles. The van der Waals surface area contributed by atoms with Crippen LogP contribution in [-0.4, -0.2) is 39.2 Å². The summed E-state index contributed by atoms with van der Waals surface area (Å²) < 4.78 is 3.98. The van der Waals surface area contributed by atoms with Crippen LogP contribution < -0.4 is 5.56 Å². The summed E-state index contributed by atoms with van der Waals surface area (Å²) in [6.45, 7) is 2.99. The Bertz CT molecular complexity index is 1220. The Kier molecular flexibility index (Phi) is 4.97. The number of piperidine rings is 1. The smallest absolute Gasteiger partial charge is 0.250 e. The first kappa shape index (κ1) is 18.8. The number of rotatable bonds is 4. The Morgan fingerprint density at radius 2 is 1.87 bits per heavy atom. The van der Waals surface area contributed by atoms with Gasteiger partial charge in [-0.1, -0.05) is 24.3 Å². The third kappa shape index (κ3) is 3.68. The minimum absolute atomic E-state index is 0.0708. The Morgan fingerprint density at radius 1 is 1.03 bits per heavy atom. The van der Waals surface area contributed by atoms with Gasteiger partial charge in [0.2, 0.25) is 0 Å². The molecular weight excluding hydrogens is 372 g/mol. The number of fused-ring (bicyclic) bond motifs is 1. The lowest BCUT2D eigenvalue weighted by Crippen LogP contribution is -2.35. The summed E-state index contributed by atoms with van der Waals surface area (Å²) in [5.74, 6) is 0.528. The van der Waals surface area contributed by atoms with Crippen molar-refractivity contribution >= 4 is 11.0 Å². The average Bonchev–Trinajstić information content (AvgIpc) is 3.19. The van der Waals surface area contributed by atoms with Gasteiger partial charge in [0.15, 0.2) is 0 Å². The molecule has 2 aromatic carbocycles. The minimum atomic E-state index is 0.0708. The summed E-state index contributed by atoms with van der Waals surface area (Å²) in [5, 5.41) is 0. The van der Waals surface area contributed by atoms with Gasteiger partial charge < -0.3 is 9.47 Å². The van der Waals surface area contributed by atoms with E-state index >= 15 is 0 Å². The minimum Gasteiger partial charge on any atom is -0.315 e. The topological polar surface area (TPSA) is 43.1 Å². The molecular formula is C25H26N4O. The predicted molar refractivity (Wildman–Crippen MR) is 121 cm³/mol. The van der Waals surface area contributed by atoms with E-state index in [1.54, 1.807) is 6.07 Å². The predicted octanol–water partition coefficient (Wildman–Crippen LogP) is 4.20. The number of imidazole rings is 1. The highest BCUT2D eigenvalue weighted by Gasteiger charge is 2.18. The lowest BCUT2D eigenvalue weighted by atomic mass is 9.98. The zero-order chi connectivity index (χ0) is 20.5. The van der Waals surface area contributed by atoms with E-state index in [0.717, 1.165) is 47.5 Å². The number of para-hydroxylation sites is 1. The van der Waals surface area contributed by atoms with Crippen LogP contribution in [0.4, 0.5) is 0 Å². The second-order valence-electron chi connectivity index (χ2n) is 8.33. The van der Waals surface area contributed by atoms with Gasteiger partial charge in [0.05, 0.1) is 11.0 Å². The molecule has 0 saturated carbocycles. The normalized spacial score (nSPS) is 17.4. The lowest BCUT2D eigenvalue weighted by Gasteiger charge is -2.30. The molecule has 1 unspecified atom stereocenters. The summed E-state index contributed by atoms with van der Waals surface area (Å²) in [6.07, 6.45) is 6.26. The first-order valence-electron chi connectivity index (χ1n) is 10.6. The van der Waals surface area contributed by atoms with E-state index in [2.05, 4.69) is 51.8 Å². The van der Waals surface area contributed by atoms with Crippen LogP contribution in [0.1, 0.15) is 12.8 Å². The number of hydrogen-bond acceptors (Lipinski definition) is 3. The molecule has 2 aromatic heterocycles. The lowest BCUT2D eigenvalue weighted by molar-refractivity contribution is 0.193. The second kappa shape index (κ2) is 7.92. The largest absolute Gasteiger partial charge is 0.315 e. The van der Waals surface area contributed by atoms with Crippen molar-refractivity contribution in [2.24, 2.45) is 5.92 Å². The highest BCUT2D eigenvalue weighted by atomic mass is 16.1. The van der Waals surface area contributed by atoms with Crippen molar-refractivity contribution in [3.63, 3.8) is 0 Å². The third-order valence-electron chi connectivity index (χ3n) is 6.08. The molecule has 152 valence electrons. The molecule has 30 heavy (non-hydrogen) atoms. The first-order valence-corrected chi connectivity index (χ1v) is 10.6. The SMILES string of the molecule is CN1CCCC(Cn2cc(-c3ccc4c(c3)ncn4-c3ccccc3)ccc2=O)C1. The summed E-state index contributed by atoms with van der Waals surface area (Å²) in [5.41, 5.74) is 5.32. The fraction of sp³-hybridized carbons (Fsp3) is 0.280. The first-order chi connectivity index (χ1) is 14.7. The molecule has 1 saturated heterocycles. The van der Waals surface area contributed by atoms with Crippen LogP contribution >= 0.6 is 0 Å². The summed E-state index contributed by atoms with van der Waals surface area (Å²) >= 11 is 0. The number of benzene rings is 2. The van der Waals surface area contributed by atoms with E-state index in [-0.39, 0.29) is 5.56 Å². The Hall–Kier alpha value is -3.18. The standard InChI is InChI=1S/C25H26N4O/c1-27-13-5-6-19(15-27)16-28-17-21(10-12-25(28)30)20-9-11-24-23(14-20)26-18-29(24)22-7-3-2-4-8-22/h2-4,7-12,14,17-19H,5-6,13,15-16H2,1H3. The van der Waals surface area contributed by atoms with Gasteiger partial charge in [-0.2, -0.15) is 0 Å². The fourth-order valence-electron chi connectivity index (χ4n) is 4.53. The van der Waals surface area contributed by atoms with Crippen molar-refractivity contribution in [3.8, 4) is 16.8 Å². The van der Waals surface area contributed by atoms with Crippen molar-refractivity contribution in [1.82, 2.24) is 19.0 Å². The molecule has 0 amide bonds. The molecule has 1 fully saturated rings. The van der Waals surface area contributed by atoms with Crippen LogP contribution in [0.15, 0.2) is 78.0 Å². The van der Waals surface area contributed by atoms with Gasteiger partial charge in [0, 0.05) is 31.0 Å². The Morgan fingerprint density at radius 3 is 2.70 bits per heavy atom. The van der Waals surface area contributed by atoms with Gasteiger partial charge in [-0.15, -0.1) is 0 Å². The van der Waals surface area contributed by atoms with E-state index in [4.69, 9.17) is 0 Å². The maximum Gasteiger partial charge on any atom is 0.250 e. The molecule has 1 atom stereocenters. The van der Waals surface area contributed by atoms with Crippen molar-refractivity contribution < 1.29 is 0 Å². The molecule has 0 N–H and O–H groups in total. The number of hydrogen-bond donors (Lipinski definition) is 0. The molecule has 1 aliphatic rings. The fourth-order valence-corrected chi connectivity index (χ4v) is 4.53. The number of likely N-dealkylation sites (tertiary alicyclic amines) is 1. The summed E-state index contributed by atoms with van der Waals surface area (Å²) in [7, 11) is 2.16. The molecule has 0 radical (unpaired) electrons. The quantitative estimate of drug-likeness (QED) is 0.518. The molecule has 0 bridgehead atoms. The molecule has 5 heteroatoms. The molecule has 5 rings (SSSR count). The van der Waals surface area contributed by atoms with Gasteiger partial charge in [-0.05, 0) is 73.8 Å². The average molecular weight is 399 g/mol. The van der Waals surface area contributed by atoms with Crippen molar-refractivity contribution in [1.29, 1.82) is 0 Å². The van der Waals surface area contributed by atoms with E-state index in [1.807, 2.05) is 41.4 Å². The second-order valence-corrected chi connectivity index (χ2v) is 8.33. The van der Waals surface area contributed by atoms with Gasteiger partial charge in [0.1, 0.15) is 6.33 Å². The number of nitrogens with zero attached hydrogens (tertiary/aromatic N) is 4. The van der Waals surface area contributed by atoms with Crippen molar-refractivity contribution in [2.75, 3.05) is 20.1 Å². The van der Waals surface area contributed by atoms with Crippen LogP contribution in [0.25, 0.3) is 27.8 Å². The molecule has 0 aliphatic carbocycles. The maximum atomic E-state index is 12.5. The van der Waals surface area contributed by atoms with E-state index in [1.165, 1.54) is 12.8 Å². The molecule has 4 aromatic rings. The molecule has 0 spiro atoms. The monoisotopic (exact) mass is 398 g/mol. The van der Waals surface area contributed by atoms with Gasteiger partial charge >= 0.3 is 0 Å². The van der Waals surface area contributed by atoms with Crippen molar-refractivity contribution in [2.45, 2.75) is 19.4 Å². The maximum absolute atomic E-state index is 12.5. The molecule has 1 aliphatic heterocycles. The Balaban J connectivity index is 1.46. The number of aromatic nitrogens is 3. The molecule has 5 nitrogen and oxygen atoms in total. The Labute approximate surface area is 176 Å². The third-order valence-corrected chi connectivity index (χ3v) is 6.08. The zero-order valence-electron chi connectivity index (χ0n) is 17.2. The van der Waals surface area contributed by atoms with Crippen LogP contribution in [0.3, 0.4) is 0 Å². The van der Waals surface area contributed by atoms with E-state index < -0.39 is 0 Å². The van der Waals surface area contributed by atoms with Gasteiger partial charge in [0.25, 0.3) is 5.56 Å². The highest BCUT2D eigenvalue weighted by Crippen LogP contribution is 2.25. The highest BCUT2D eigenvalue weighted by molar-refractivity contribution is 5.83. The van der Waals surface area contributed by atoms with Crippen LogP contribution in [0, 0.1) is 5.92 Å². The van der Waals surface area contributed by atoms with Crippen LogP contribution in [-0.2, 0) is 6.54 Å². The summed E-state index contributed by atoms with van der Waals surface area (Å²) in [6, 6.07) is 20.2. The van der Waals surface area contributed by atoms with E-state index in [0.29, 0.717) is 5.92 Å². The summed E-state index contributed by atoms with van der Waals surface area (Å²) in [4.78, 5) is 19.4. The number of pyridine rings is 1. The van der Waals surface area contributed by atoms with E-state index in [9.17, 15) is 4.79 Å². The van der Waals surface area contributed by atoms with Crippen LogP contribution in [0.2, 0.25) is 0 Å².